The van der Waals surface area contributed by atoms with Crippen molar-refractivity contribution in [1.29, 1.82) is 0 Å². The van der Waals surface area contributed by atoms with Crippen molar-refractivity contribution in [2.45, 2.75) is 25.3 Å². The Kier molecular flexibility index (Phi) is 14.1. The molecule has 0 aromatic heterocycles. The van der Waals surface area contributed by atoms with E-state index in [4.69, 9.17) is 0 Å². The highest BCUT2D eigenvalue weighted by Crippen LogP contribution is 2.65. The van der Waals surface area contributed by atoms with E-state index in [0.29, 0.717) is 6.54 Å². The van der Waals surface area contributed by atoms with Gasteiger partial charge in [-0.1, -0.05) is 195 Å². The average molecular weight is 1020 g/mol. The maximum Gasteiger partial charge on any atom is 0.0728 e. The zero-order chi connectivity index (χ0) is 53.5. The van der Waals surface area contributed by atoms with Crippen molar-refractivity contribution in [2.24, 2.45) is 0 Å². The fourth-order valence-corrected chi connectivity index (χ4v) is 11.9. The van der Waals surface area contributed by atoms with E-state index in [0.717, 1.165) is 56.9 Å². The van der Waals surface area contributed by atoms with Crippen molar-refractivity contribution < 1.29 is 0 Å². The van der Waals surface area contributed by atoms with E-state index in [1.807, 2.05) is 12.2 Å². The molecule has 4 nitrogen and oxygen atoms in total. The molecule has 382 valence electrons. The van der Waals surface area contributed by atoms with Gasteiger partial charge in [-0.15, -0.1) is 0 Å². The van der Waals surface area contributed by atoms with Crippen LogP contribution in [-0.2, 0) is 5.41 Å². The van der Waals surface area contributed by atoms with Crippen LogP contribution in [0.25, 0.3) is 22.3 Å². The summed E-state index contributed by atoms with van der Waals surface area (Å²) < 4.78 is 0. The quantitative estimate of drug-likeness (QED) is 0.0843. The second-order valence-corrected chi connectivity index (χ2v) is 20.0. The third kappa shape index (κ3) is 9.38. The second kappa shape index (κ2) is 22.4. The first-order valence-electron chi connectivity index (χ1n) is 27.4. The summed E-state index contributed by atoms with van der Waals surface area (Å²) in [6, 6.07) is 93.6. The number of allylic oxidation sites excluding steroid dienone is 7. The van der Waals surface area contributed by atoms with E-state index in [1.54, 1.807) is 0 Å². The minimum atomic E-state index is -0.803. The van der Waals surface area contributed by atoms with Crippen LogP contribution < -0.4 is 19.6 Å². The van der Waals surface area contributed by atoms with Crippen molar-refractivity contribution in [3.63, 3.8) is 0 Å². The van der Waals surface area contributed by atoms with Gasteiger partial charge in [0.1, 0.15) is 0 Å². The van der Waals surface area contributed by atoms with Crippen molar-refractivity contribution in [2.75, 3.05) is 26.1 Å². The maximum absolute atomic E-state index is 3.92. The van der Waals surface area contributed by atoms with Crippen LogP contribution >= 0.6 is 0 Å². The molecule has 1 spiro atoms. The zero-order valence-corrected chi connectivity index (χ0v) is 44.7. The molecule has 4 heteroatoms. The summed E-state index contributed by atoms with van der Waals surface area (Å²) in [4.78, 5) is 9.71. The predicted octanol–water partition coefficient (Wildman–Crippen LogP) is 20.1. The first kappa shape index (κ1) is 49.9. The maximum atomic E-state index is 3.92. The number of anilines is 10. The number of hydrogen-bond donors (Lipinski definition) is 0. The Balaban J connectivity index is 1.18. The normalized spacial score (nSPS) is 13.1. The van der Waals surface area contributed by atoms with E-state index < -0.39 is 5.41 Å². The molecule has 0 saturated heterocycles. The molecule has 0 aliphatic heterocycles. The van der Waals surface area contributed by atoms with Crippen LogP contribution in [0.4, 0.5) is 56.9 Å². The van der Waals surface area contributed by atoms with Gasteiger partial charge in [0.2, 0.25) is 0 Å². The molecule has 10 aromatic rings. The van der Waals surface area contributed by atoms with Crippen molar-refractivity contribution >= 4 is 56.9 Å². The molecular formula is C75H62N4. The van der Waals surface area contributed by atoms with Crippen LogP contribution in [0.2, 0.25) is 0 Å². The third-order valence-corrected chi connectivity index (χ3v) is 15.4. The monoisotopic (exact) mass is 1020 g/mol. The molecule has 0 heterocycles. The van der Waals surface area contributed by atoms with Gasteiger partial charge in [0.15, 0.2) is 0 Å². The molecule has 0 radical (unpaired) electrons. The number of para-hydroxylation sites is 6. The molecule has 1 unspecified atom stereocenters. The summed E-state index contributed by atoms with van der Waals surface area (Å²) >= 11 is 0. The highest BCUT2D eigenvalue weighted by Gasteiger charge is 2.53. The topological polar surface area (TPSA) is 13.0 Å². The summed E-state index contributed by atoms with van der Waals surface area (Å²) in [5, 5.41) is 0. The summed E-state index contributed by atoms with van der Waals surface area (Å²) in [6.45, 7) is 8.98. The minimum absolute atomic E-state index is 0.0522. The Bertz CT molecular complexity index is 3480. The molecule has 0 saturated carbocycles. The lowest BCUT2D eigenvalue weighted by atomic mass is 9.70. The van der Waals surface area contributed by atoms with E-state index >= 15 is 0 Å². The van der Waals surface area contributed by atoms with E-state index in [9.17, 15) is 0 Å². The molecule has 10 aromatic carbocycles. The number of rotatable bonds is 17. The Hall–Kier alpha value is -9.90. The fourth-order valence-electron chi connectivity index (χ4n) is 11.9. The van der Waals surface area contributed by atoms with E-state index in [1.165, 1.54) is 44.5 Å². The SMILES string of the molecule is C=C/C=C\C=C/C(C)N(C/C=C\C=C/C)c1ccc2c(c1)C1(c3cc(N(c4ccccc4)c4ccccc4)ccc3-c3ccc(N(c4ccccc4)c4ccccc4)cc31)c1cc(N(c3ccccc3)c3ccccc3)ccc1-2. The third-order valence-electron chi connectivity index (χ3n) is 15.4. The number of fused-ring (bicyclic) bond motifs is 10. The Labute approximate surface area is 466 Å². The number of hydrogen-bond acceptors (Lipinski definition) is 4. The fraction of sp³-hybridized carbons (Fsp3) is 0.0667. The van der Waals surface area contributed by atoms with E-state index in [-0.39, 0.29) is 6.04 Å². The van der Waals surface area contributed by atoms with Gasteiger partial charge in [0.05, 0.1) is 5.41 Å². The average Bonchev–Trinajstić information content (AvgIpc) is 2.02. The first-order chi connectivity index (χ1) is 39.1. The zero-order valence-electron chi connectivity index (χ0n) is 44.7. The largest absolute Gasteiger partial charge is 0.362 e. The van der Waals surface area contributed by atoms with Gasteiger partial charge in [0.25, 0.3) is 0 Å². The predicted molar refractivity (Wildman–Crippen MR) is 336 cm³/mol. The summed E-state index contributed by atoms with van der Waals surface area (Å²) in [5.74, 6) is 0. The van der Waals surface area contributed by atoms with Crippen molar-refractivity contribution in [3.05, 3.63) is 338 Å². The van der Waals surface area contributed by atoms with Crippen LogP contribution in [0.3, 0.4) is 0 Å². The first-order valence-corrected chi connectivity index (χ1v) is 27.4. The Morgan fingerprint density at radius 1 is 0.354 bits per heavy atom. The summed E-state index contributed by atoms with van der Waals surface area (Å²) in [6.07, 6.45) is 18.9. The molecule has 2 aliphatic carbocycles. The molecule has 0 amide bonds. The van der Waals surface area contributed by atoms with Crippen LogP contribution in [0.15, 0.2) is 316 Å². The molecule has 79 heavy (non-hydrogen) atoms. The van der Waals surface area contributed by atoms with Gasteiger partial charge in [-0.25, -0.2) is 0 Å². The molecule has 0 fully saturated rings. The summed E-state index contributed by atoms with van der Waals surface area (Å²) in [5.41, 5.74) is 20.0. The minimum Gasteiger partial charge on any atom is -0.362 e. The van der Waals surface area contributed by atoms with Crippen LogP contribution in [0, 0.1) is 0 Å². The van der Waals surface area contributed by atoms with Gasteiger partial charge in [-0.05, 0) is 180 Å². The lowest BCUT2D eigenvalue weighted by Gasteiger charge is -2.35. The summed E-state index contributed by atoms with van der Waals surface area (Å²) in [7, 11) is 0. The van der Waals surface area contributed by atoms with Gasteiger partial charge in [0, 0.05) is 69.5 Å². The Morgan fingerprint density at radius 2 is 0.671 bits per heavy atom. The standard InChI is InChI=1S/C75H62N4/c1-4-6-8-16-30-56(3)76(51-29-9-7-5-2)63-43-47-67-68-48-44-64(77(57-31-17-10-18-32-57)58-33-19-11-20-34-58)53-72(68)75(71(67)52-63)73-54-65(78(59-35-21-12-22-36-59)60-37-23-13-24-38-60)45-49-69(73)70-50-46-66(55-74(70)75)79(61-39-25-14-26-40-61)62-41-27-15-28-42-62/h4-50,52-56H,1,51H2,2-3H3/b7-5-,8-6-,29-9-,30-16-. The van der Waals surface area contributed by atoms with Gasteiger partial charge in [-0.3, -0.25) is 0 Å². The molecular weight excluding hydrogens is 957 g/mol. The van der Waals surface area contributed by atoms with Crippen molar-refractivity contribution in [1.82, 2.24) is 0 Å². The molecule has 12 rings (SSSR count). The molecule has 2 aliphatic rings. The molecule has 0 bridgehead atoms. The molecule has 1 atom stereocenters. The van der Waals surface area contributed by atoms with E-state index in [2.05, 4.69) is 337 Å². The van der Waals surface area contributed by atoms with Crippen molar-refractivity contribution in [3.8, 4) is 22.3 Å². The Morgan fingerprint density at radius 3 is 0.987 bits per heavy atom. The second-order valence-electron chi connectivity index (χ2n) is 20.0. The molecule has 0 N–H and O–H groups in total. The van der Waals surface area contributed by atoms with Crippen LogP contribution in [0.5, 0.6) is 0 Å². The van der Waals surface area contributed by atoms with Gasteiger partial charge < -0.3 is 19.6 Å². The number of nitrogens with zero attached hydrogens (tertiary/aromatic N) is 4. The lowest BCUT2D eigenvalue weighted by Crippen LogP contribution is -2.32. The number of benzene rings is 10. The highest BCUT2D eigenvalue weighted by molar-refractivity contribution is 5.99. The van der Waals surface area contributed by atoms with Gasteiger partial charge in [-0.2, -0.15) is 0 Å². The van der Waals surface area contributed by atoms with Crippen LogP contribution in [-0.4, -0.2) is 12.6 Å². The lowest BCUT2D eigenvalue weighted by molar-refractivity contribution is 0.770. The van der Waals surface area contributed by atoms with Gasteiger partial charge >= 0.3 is 0 Å². The highest BCUT2D eigenvalue weighted by atomic mass is 15.2. The van der Waals surface area contributed by atoms with Crippen LogP contribution in [0.1, 0.15) is 36.1 Å². The smallest absolute Gasteiger partial charge is 0.0728 e.